The van der Waals surface area contributed by atoms with Gasteiger partial charge in [-0.25, -0.2) is 0 Å². The number of nitrogens with zero attached hydrogens (tertiary/aromatic N) is 2. The van der Waals surface area contributed by atoms with Crippen LogP contribution in [0.25, 0.3) is 0 Å². The molecule has 19 heavy (non-hydrogen) atoms. The van der Waals surface area contributed by atoms with E-state index in [1.54, 1.807) is 11.3 Å². The molecule has 1 unspecified atom stereocenters. The van der Waals surface area contributed by atoms with Crippen molar-refractivity contribution in [3.05, 3.63) is 19.2 Å². The number of likely N-dealkylation sites (N-methyl/N-ethyl adjacent to an activating group) is 2. The molecule has 2 heterocycles. The molecule has 0 bridgehead atoms. The second-order valence-corrected chi connectivity index (χ2v) is 8.88. The molecular weight excluding hydrogens is 392 g/mol. The molecule has 1 saturated heterocycles. The molecule has 1 aliphatic heterocycles. The third-order valence-corrected chi connectivity index (χ3v) is 5.91. The van der Waals surface area contributed by atoms with Gasteiger partial charge in [0.2, 0.25) is 0 Å². The number of carbonyl (C=O) groups excluding carboxylic acids is 1. The molecule has 0 aromatic carbocycles. The van der Waals surface area contributed by atoms with Crippen molar-refractivity contribution in [2.75, 3.05) is 33.7 Å². The van der Waals surface area contributed by atoms with E-state index in [2.05, 4.69) is 55.8 Å². The van der Waals surface area contributed by atoms with Crippen molar-refractivity contribution < 1.29 is 4.79 Å². The number of halogens is 2. The van der Waals surface area contributed by atoms with E-state index >= 15 is 0 Å². The Balaban J connectivity index is 1.96. The average Bonchev–Trinajstić information content (AvgIpc) is 2.68. The van der Waals surface area contributed by atoms with Gasteiger partial charge in [-0.2, -0.15) is 0 Å². The fourth-order valence-corrected chi connectivity index (χ4v) is 5.33. The largest absolute Gasteiger partial charge is 0.305 e. The molecule has 0 radical (unpaired) electrons. The third-order valence-electron chi connectivity index (χ3n) is 3.57. The van der Waals surface area contributed by atoms with E-state index in [1.807, 2.05) is 6.07 Å². The molecule has 1 fully saturated rings. The van der Waals surface area contributed by atoms with Crippen molar-refractivity contribution in [3.63, 3.8) is 0 Å². The Morgan fingerprint density at radius 3 is 2.89 bits per heavy atom. The number of hydrogen-bond donors (Lipinski definition) is 0. The van der Waals surface area contributed by atoms with Gasteiger partial charge >= 0.3 is 0 Å². The second kappa shape index (κ2) is 6.80. The lowest BCUT2D eigenvalue weighted by Crippen LogP contribution is -2.46. The smallest absolute Gasteiger partial charge is 0.178 e. The molecule has 0 aliphatic carbocycles. The number of ketones is 1. The first kappa shape index (κ1) is 15.6. The van der Waals surface area contributed by atoms with E-state index in [4.69, 9.17) is 0 Å². The Kier molecular flexibility index (Phi) is 5.60. The fraction of sp³-hybridized carbons (Fsp3) is 0.615. The lowest BCUT2D eigenvalue weighted by molar-refractivity contribution is 0.0857. The van der Waals surface area contributed by atoms with Crippen LogP contribution in [0.5, 0.6) is 0 Å². The predicted molar refractivity (Wildman–Crippen MR) is 87.2 cm³/mol. The molecule has 0 saturated carbocycles. The third kappa shape index (κ3) is 4.11. The second-order valence-electron chi connectivity index (χ2n) is 5.13. The summed E-state index contributed by atoms with van der Waals surface area (Å²) in [5.74, 6) is 0.185. The van der Waals surface area contributed by atoms with Gasteiger partial charge in [-0.3, -0.25) is 9.69 Å². The van der Waals surface area contributed by atoms with Crippen LogP contribution in [0.15, 0.2) is 13.6 Å². The highest BCUT2D eigenvalue weighted by molar-refractivity contribution is 9.12. The topological polar surface area (TPSA) is 23.6 Å². The summed E-state index contributed by atoms with van der Waals surface area (Å²) in [5.41, 5.74) is 0.785. The average molecular weight is 410 g/mol. The summed E-state index contributed by atoms with van der Waals surface area (Å²) in [6.07, 6.45) is 2.40. The lowest BCUT2D eigenvalue weighted by atomic mass is 10.0. The van der Waals surface area contributed by atoms with Crippen LogP contribution in [0.3, 0.4) is 0 Å². The Bertz CT molecular complexity index is 463. The van der Waals surface area contributed by atoms with E-state index < -0.39 is 0 Å². The molecule has 1 aromatic heterocycles. The quantitative estimate of drug-likeness (QED) is 0.711. The Morgan fingerprint density at radius 2 is 2.32 bits per heavy atom. The normalized spacial score (nSPS) is 21.0. The van der Waals surface area contributed by atoms with Crippen molar-refractivity contribution in [2.45, 2.75) is 18.9 Å². The minimum Gasteiger partial charge on any atom is -0.305 e. The Morgan fingerprint density at radius 1 is 1.58 bits per heavy atom. The number of hydrogen-bond acceptors (Lipinski definition) is 4. The molecule has 106 valence electrons. The summed E-state index contributed by atoms with van der Waals surface area (Å²) in [6.45, 7) is 2.71. The van der Waals surface area contributed by atoms with Gasteiger partial charge in [0.1, 0.15) is 0 Å². The summed E-state index contributed by atoms with van der Waals surface area (Å²) in [7, 11) is 4.20. The minimum absolute atomic E-state index is 0.185. The molecule has 6 heteroatoms. The maximum absolute atomic E-state index is 12.3. The summed E-state index contributed by atoms with van der Waals surface area (Å²) >= 11 is 8.42. The van der Waals surface area contributed by atoms with Crippen molar-refractivity contribution in [1.82, 2.24) is 9.80 Å². The zero-order valence-electron chi connectivity index (χ0n) is 11.2. The van der Waals surface area contributed by atoms with Gasteiger partial charge in [-0.15, -0.1) is 11.3 Å². The van der Waals surface area contributed by atoms with E-state index in [9.17, 15) is 4.79 Å². The molecule has 0 amide bonds. The van der Waals surface area contributed by atoms with Crippen molar-refractivity contribution in [3.8, 4) is 0 Å². The first-order chi connectivity index (χ1) is 8.97. The molecule has 2 rings (SSSR count). The van der Waals surface area contributed by atoms with Gasteiger partial charge in [0.05, 0.1) is 14.1 Å². The Labute approximate surface area is 135 Å². The standard InChI is InChI=1S/C13H18Br2N2OS/c1-16-5-3-4-9(7-16)17(2)8-11(18)10-6-12(14)19-13(10)15/h6,9H,3-5,7-8H2,1-2H3. The van der Waals surface area contributed by atoms with Crippen molar-refractivity contribution in [1.29, 1.82) is 0 Å². The van der Waals surface area contributed by atoms with Gasteiger partial charge < -0.3 is 4.90 Å². The maximum atomic E-state index is 12.3. The summed E-state index contributed by atoms with van der Waals surface area (Å²) < 4.78 is 1.90. The first-order valence-electron chi connectivity index (χ1n) is 6.34. The van der Waals surface area contributed by atoms with Crippen LogP contribution in [0.4, 0.5) is 0 Å². The maximum Gasteiger partial charge on any atom is 0.178 e. The van der Waals surface area contributed by atoms with Gasteiger partial charge in [-0.05, 0) is 71.4 Å². The van der Waals surface area contributed by atoms with Crippen molar-refractivity contribution >= 4 is 49.0 Å². The monoisotopic (exact) mass is 408 g/mol. The molecule has 0 spiro atoms. The molecule has 0 N–H and O–H groups in total. The van der Waals surface area contributed by atoms with Crippen LogP contribution in [-0.2, 0) is 0 Å². The van der Waals surface area contributed by atoms with Crippen molar-refractivity contribution in [2.24, 2.45) is 0 Å². The molecule has 1 atom stereocenters. The van der Waals surface area contributed by atoms with E-state index in [-0.39, 0.29) is 5.78 Å². The van der Waals surface area contributed by atoms with Crippen LogP contribution >= 0.6 is 43.2 Å². The van der Waals surface area contributed by atoms with Crippen LogP contribution < -0.4 is 0 Å². The lowest BCUT2D eigenvalue weighted by Gasteiger charge is -2.35. The van der Waals surface area contributed by atoms with Crippen LogP contribution in [0.1, 0.15) is 23.2 Å². The van der Waals surface area contributed by atoms with Crippen LogP contribution in [0.2, 0.25) is 0 Å². The highest BCUT2D eigenvalue weighted by atomic mass is 79.9. The molecular formula is C13H18Br2N2OS. The zero-order chi connectivity index (χ0) is 14.0. The molecule has 1 aliphatic rings. The summed E-state index contributed by atoms with van der Waals surface area (Å²) in [5, 5.41) is 0. The summed E-state index contributed by atoms with van der Waals surface area (Å²) in [4.78, 5) is 16.8. The van der Waals surface area contributed by atoms with E-state index in [1.165, 1.54) is 19.4 Å². The fourth-order valence-electron chi connectivity index (χ4n) is 2.47. The molecule has 1 aromatic rings. The zero-order valence-corrected chi connectivity index (χ0v) is 15.1. The highest BCUT2D eigenvalue weighted by Gasteiger charge is 2.24. The number of thiophene rings is 1. The minimum atomic E-state index is 0.185. The van der Waals surface area contributed by atoms with Gasteiger partial charge in [0.25, 0.3) is 0 Å². The number of Topliss-reactive ketones (excluding diaryl/α,β-unsaturated/α-hetero) is 1. The van der Waals surface area contributed by atoms with Gasteiger partial charge in [0.15, 0.2) is 5.78 Å². The van der Waals surface area contributed by atoms with Gasteiger partial charge in [0, 0.05) is 18.2 Å². The first-order valence-corrected chi connectivity index (χ1v) is 8.74. The van der Waals surface area contributed by atoms with Gasteiger partial charge in [-0.1, -0.05) is 0 Å². The van der Waals surface area contributed by atoms with Crippen LogP contribution in [-0.4, -0.2) is 55.4 Å². The van der Waals surface area contributed by atoms with Crippen LogP contribution in [0, 0.1) is 0 Å². The molecule has 3 nitrogen and oxygen atoms in total. The predicted octanol–water partition coefficient (Wildman–Crippen LogP) is 3.48. The number of piperidine rings is 1. The van der Waals surface area contributed by atoms with E-state index in [0.717, 1.165) is 19.7 Å². The number of carbonyl (C=O) groups is 1. The number of rotatable bonds is 4. The SMILES string of the molecule is CN1CCCC(N(C)CC(=O)c2cc(Br)sc2Br)C1. The number of likely N-dealkylation sites (tertiary alicyclic amines) is 1. The summed E-state index contributed by atoms with van der Waals surface area (Å²) in [6, 6.07) is 2.39. The van der Waals surface area contributed by atoms with E-state index in [0.29, 0.717) is 12.6 Å². The Hall–Kier alpha value is 0.250. The highest BCUT2D eigenvalue weighted by Crippen LogP contribution is 2.32.